The van der Waals surface area contributed by atoms with Crippen molar-refractivity contribution in [2.75, 3.05) is 67.1 Å². The molecule has 6 aromatic rings. The summed E-state index contributed by atoms with van der Waals surface area (Å²) < 4.78 is 5.25. The number of hydrogen-bond acceptors (Lipinski definition) is 12. The van der Waals surface area contributed by atoms with E-state index in [2.05, 4.69) is 87.1 Å². The predicted octanol–water partition coefficient (Wildman–Crippen LogP) is 6.65. The van der Waals surface area contributed by atoms with Gasteiger partial charge in [0.2, 0.25) is 5.91 Å². The van der Waals surface area contributed by atoms with Gasteiger partial charge in [0.05, 0.1) is 29.3 Å². The zero-order chi connectivity index (χ0) is 43.8. The van der Waals surface area contributed by atoms with Crippen molar-refractivity contribution in [1.82, 2.24) is 45.8 Å². The number of nitrogens with zero attached hydrogens (tertiary/aromatic N) is 9. The minimum Gasteiger partial charge on any atom is -0.372 e. The number of anilines is 3. The Labute approximate surface area is 366 Å². The highest BCUT2D eigenvalue weighted by atomic mass is 16.5. The van der Waals surface area contributed by atoms with Crippen LogP contribution in [0.3, 0.4) is 0 Å². The lowest BCUT2D eigenvalue weighted by Crippen LogP contribution is -2.49. The molecule has 7 heterocycles. The van der Waals surface area contributed by atoms with E-state index in [1.807, 2.05) is 71.3 Å². The average Bonchev–Trinajstić information content (AvgIpc) is 3.96. The van der Waals surface area contributed by atoms with Crippen LogP contribution >= 0.6 is 0 Å². The van der Waals surface area contributed by atoms with Crippen LogP contribution in [0.1, 0.15) is 80.6 Å². The SMILES string of the molecule is Cc1cc(-c2[nH]nc3ncc(-c4ccc(N5CCN(CC6CCN(c7ccc(N8CCC(=O)NC8=O)cc7)CC6)CC5)cn4)cc23)ccc1C(C)NC(=O)c1nc(C(C)(C)C)no1. The van der Waals surface area contributed by atoms with Crippen molar-refractivity contribution >= 4 is 45.9 Å². The van der Waals surface area contributed by atoms with Gasteiger partial charge < -0.3 is 19.6 Å². The second-order valence-electron chi connectivity index (χ2n) is 18.0. The largest absolute Gasteiger partial charge is 0.372 e. The molecule has 0 radical (unpaired) electrons. The molecule has 3 N–H and O–H groups in total. The number of aromatic nitrogens is 6. The van der Waals surface area contributed by atoms with E-state index in [1.54, 1.807) is 4.90 Å². The molecule has 1 atom stereocenters. The van der Waals surface area contributed by atoms with Gasteiger partial charge >= 0.3 is 17.8 Å². The molecule has 2 aromatic carbocycles. The lowest BCUT2D eigenvalue weighted by atomic mass is 9.95. The van der Waals surface area contributed by atoms with E-state index in [0.29, 0.717) is 30.4 Å². The Bertz CT molecular complexity index is 2620. The number of aryl methyl sites for hydroxylation is 1. The minimum absolute atomic E-state index is 0.0500. The number of carbonyl (C=O) groups excluding carboxylic acids is 3. The number of hydrogen-bond donors (Lipinski definition) is 3. The molecule has 1 unspecified atom stereocenters. The molecule has 0 aliphatic carbocycles. The Kier molecular flexibility index (Phi) is 11.4. The summed E-state index contributed by atoms with van der Waals surface area (Å²) in [6.07, 6.45) is 6.42. The van der Waals surface area contributed by atoms with Crippen LogP contribution in [0.15, 0.2) is 77.6 Å². The van der Waals surface area contributed by atoms with Gasteiger partial charge in [0, 0.05) is 98.3 Å². The fourth-order valence-electron chi connectivity index (χ4n) is 8.86. The zero-order valence-corrected chi connectivity index (χ0v) is 36.5. The molecular formula is C47H54N12O4. The summed E-state index contributed by atoms with van der Waals surface area (Å²) in [4.78, 5) is 59.7. The van der Waals surface area contributed by atoms with Crippen LogP contribution in [0.2, 0.25) is 0 Å². The number of piperazine rings is 1. The molecule has 3 aliphatic rings. The molecule has 326 valence electrons. The Morgan fingerprint density at radius 2 is 1.59 bits per heavy atom. The van der Waals surface area contributed by atoms with Crippen LogP contribution in [0.25, 0.3) is 33.5 Å². The number of imide groups is 1. The molecule has 3 fully saturated rings. The van der Waals surface area contributed by atoms with Gasteiger partial charge in [-0.05, 0) is 92.3 Å². The standard InChI is InChI=1S/C47H54N12O4/c1-29-24-32(6-12-37(29)30(2)50-43(61)44-52-45(55-63-44)47(3,4)5)41-38-25-33(26-49-42(38)54-53-41)39-13-11-36(27-48-39)58-22-20-56(21-23-58)28-31-14-17-57(18-15-31)34-7-9-35(10-8-34)59-19-16-40(60)51-46(59)62/h6-13,24-27,30-31H,14-23,28H2,1-5H3,(H,50,61)(H,49,53,54)(H,51,60,62). The van der Waals surface area contributed by atoms with Gasteiger partial charge in [-0.1, -0.05) is 38.1 Å². The molecule has 4 aromatic heterocycles. The van der Waals surface area contributed by atoms with Gasteiger partial charge in [0.15, 0.2) is 11.5 Å². The highest BCUT2D eigenvalue weighted by Gasteiger charge is 2.28. The smallest absolute Gasteiger partial charge is 0.328 e. The van der Waals surface area contributed by atoms with Crippen LogP contribution in [-0.4, -0.2) is 105 Å². The second kappa shape index (κ2) is 17.2. The first-order chi connectivity index (χ1) is 30.4. The fourth-order valence-corrected chi connectivity index (χ4v) is 8.86. The molecule has 16 nitrogen and oxygen atoms in total. The number of aromatic amines is 1. The summed E-state index contributed by atoms with van der Waals surface area (Å²) in [6.45, 7) is 17.4. The molecule has 63 heavy (non-hydrogen) atoms. The molecule has 3 saturated heterocycles. The Morgan fingerprint density at radius 1 is 0.857 bits per heavy atom. The van der Waals surface area contributed by atoms with Gasteiger partial charge in [0.25, 0.3) is 0 Å². The van der Waals surface area contributed by atoms with Crippen molar-refractivity contribution in [2.24, 2.45) is 5.92 Å². The number of nitrogens with one attached hydrogen (secondary N) is 3. The first-order valence-electron chi connectivity index (χ1n) is 21.9. The van der Waals surface area contributed by atoms with Crippen molar-refractivity contribution in [3.63, 3.8) is 0 Å². The molecule has 16 heteroatoms. The number of piperidine rings is 1. The molecule has 3 aliphatic heterocycles. The summed E-state index contributed by atoms with van der Waals surface area (Å²) in [5.41, 5.74) is 8.99. The number of benzene rings is 2. The summed E-state index contributed by atoms with van der Waals surface area (Å²) in [6, 6.07) is 19.9. The quantitative estimate of drug-likeness (QED) is 0.134. The maximum atomic E-state index is 12.9. The van der Waals surface area contributed by atoms with Crippen LogP contribution in [0.5, 0.6) is 0 Å². The van der Waals surface area contributed by atoms with E-state index in [0.717, 1.165) is 109 Å². The third-order valence-electron chi connectivity index (χ3n) is 12.6. The Morgan fingerprint density at radius 3 is 2.27 bits per heavy atom. The number of rotatable bonds is 10. The van der Waals surface area contributed by atoms with Gasteiger partial charge in [-0.2, -0.15) is 10.1 Å². The molecular weight excluding hydrogens is 797 g/mol. The Hall–Kier alpha value is -6.68. The third kappa shape index (κ3) is 8.98. The number of pyridine rings is 2. The van der Waals surface area contributed by atoms with E-state index in [4.69, 9.17) is 9.51 Å². The molecule has 9 rings (SSSR count). The van der Waals surface area contributed by atoms with Crippen molar-refractivity contribution < 1.29 is 18.9 Å². The molecule has 4 amide bonds. The lowest BCUT2D eigenvalue weighted by Gasteiger charge is -2.40. The number of fused-ring (bicyclic) bond motifs is 1. The monoisotopic (exact) mass is 850 g/mol. The van der Waals surface area contributed by atoms with E-state index >= 15 is 0 Å². The van der Waals surface area contributed by atoms with Gasteiger partial charge in [-0.3, -0.25) is 34.8 Å². The number of carbonyl (C=O) groups is 3. The first kappa shape index (κ1) is 41.7. The summed E-state index contributed by atoms with van der Waals surface area (Å²) >= 11 is 0. The van der Waals surface area contributed by atoms with E-state index < -0.39 is 5.91 Å². The second-order valence-corrected chi connectivity index (χ2v) is 18.0. The molecule has 0 bridgehead atoms. The number of H-pyrrole nitrogens is 1. The van der Waals surface area contributed by atoms with Crippen LogP contribution in [0, 0.1) is 12.8 Å². The predicted molar refractivity (Wildman–Crippen MR) is 242 cm³/mol. The number of urea groups is 1. The Balaban J connectivity index is 0.767. The fraction of sp³-hybridized carbons (Fsp3) is 0.404. The zero-order valence-electron chi connectivity index (χ0n) is 36.5. The highest BCUT2D eigenvalue weighted by Crippen LogP contribution is 2.32. The lowest BCUT2D eigenvalue weighted by molar-refractivity contribution is -0.120. The highest BCUT2D eigenvalue weighted by molar-refractivity contribution is 6.05. The summed E-state index contributed by atoms with van der Waals surface area (Å²) in [7, 11) is 0. The van der Waals surface area contributed by atoms with E-state index in [9.17, 15) is 14.4 Å². The average molecular weight is 851 g/mol. The molecule has 0 spiro atoms. The first-order valence-corrected chi connectivity index (χ1v) is 21.9. The maximum absolute atomic E-state index is 12.9. The number of amides is 4. The van der Waals surface area contributed by atoms with E-state index in [-0.39, 0.29) is 29.3 Å². The normalized spacial score (nSPS) is 17.3. The topological polar surface area (TPSA) is 182 Å². The van der Waals surface area contributed by atoms with Crippen molar-refractivity contribution in [2.45, 2.75) is 65.3 Å². The molecule has 0 saturated carbocycles. The summed E-state index contributed by atoms with van der Waals surface area (Å²) in [5.74, 6) is 0.473. The minimum atomic E-state index is -0.411. The van der Waals surface area contributed by atoms with Crippen LogP contribution < -0.4 is 25.3 Å². The third-order valence-corrected chi connectivity index (χ3v) is 12.6. The van der Waals surface area contributed by atoms with Crippen LogP contribution in [0.4, 0.5) is 21.9 Å². The van der Waals surface area contributed by atoms with Gasteiger partial charge in [-0.25, -0.2) is 9.78 Å². The van der Waals surface area contributed by atoms with Crippen molar-refractivity contribution in [1.29, 1.82) is 0 Å². The van der Waals surface area contributed by atoms with Gasteiger partial charge in [0.1, 0.15) is 0 Å². The van der Waals surface area contributed by atoms with Crippen LogP contribution in [-0.2, 0) is 10.2 Å². The summed E-state index contributed by atoms with van der Waals surface area (Å²) in [5, 5.41) is 18.0. The van der Waals surface area contributed by atoms with Crippen molar-refractivity contribution in [3.05, 3.63) is 95.9 Å². The van der Waals surface area contributed by atoms with Gasteiger partial charge in [-0.15, -0.1) is 0 Å². The van der Waals surface area contributed by atoms with Crippen molar-refractivity contribution in [3.8, 4) is 22.5 Å². The maximum Gasteiger partial charge on any atom is 0.328 e. The van der Waals surface area contributed by atoms with E-state index in [1.165, 1.54) is 5.69 Å².